The number of benzene rings is 1. The van der Waals surface area contributed by atoms with Crippen LogP contribution < -0.4 is 0 Å². The van der Waals surface area contributed by atoms with E-state index in [1.54, 1.807) is 12.1 Å². The number of hydrogen-bond acceptors (Lipinski definition) is 1. The van der Waals surface area contributed by atoms with Crippen LogP contribution in [-0.2, 0) is 6.42 Å². The van der Waals surface area contributed by atoms with Crippen LogP contribution >= 0.6 is 0 Å². The van der Waals surface area contributed by atoms with Gasteiger partial charge in [-0.05, 0) is 17.9 Å². The lowest BCUT2D eigenvalue weighted by atomic mass is 9.85. The Labute approximate surface area is 110 Å². The summed E-state index contributed by atoms with van der Waals surface area (Å²) in [6, 6.07) is 5.86. The minimum Gasteiger partial charge on any atom is -0.284 e. The van der Waals surface area contributed by atoms with E-state index in [0.29, 0.717) is 5.92 Å². The smallest absolute Gasteiger partial charge is 0.284 e. The topological polar surface area (TPSA) is 17.1 Å². The minimum atomic E-state index is -4.79. The van der Waals surface area contributed by atoms with E-state index >= 15 is 0 Å². The van der Waals surface area contributed by atoms with Crippen molar-refractivity contribution in [3.8, 4) is 0 Å². The van der Waals surface area contributed by atoms with Gasteiger partial charge < -0.3 is 0 Å². The molecule has 0 aromatic heterocycles. The van der Waals surface area contributed by atoms with Gasteiger partial charge in [-0.3, -0.25) is 4.79 Å². The van der Waals surface area contributed by atoms with E-state index in [1.807, 2.05) is 0 Å². The summed E-state index contributed by atoms with van der Waals surface area (Å²) in [5.74, 6) is -1.13. The highest BCUT2D eigenvalue weighted by Gasteiger charge is 2.39. The molecule has 0 unspecified atom stereocenters. The third-order valence-electron chi connectivity index (χ3n) is 3.72. The lowest BCUT2D eigenvalue weighted by molar-refractivity contribution is -0.0885. The summed E-state index contributed by atoms with van der Waals surface area (Å²) in [6.45, 7) is 0. The van der Waals surface area contributed by atoms with Gasteiger partial charge in [0.05, 0.1) is 0 Å². The molecule has 0 spiro atoms. The average Bonchev–Trinajstić information content (AvgIpc) is 2.39. The first-order chi connectivity index (χ1) is 8.97. The van der Waals surface area contributed by atoms with Crippen LogP contribution in [0.3, 0.4) is 0 Å². The van der Waals surface area contributed by atoms with E-state index in [1.165, 1.54) is 44.2 Å². The highest BCUT2D eigenvalue weighted by atomic mass is 19.4. The standard InChI is InChI=1S/C15H17F3O/c16-15(17,18)14(19)13-8-6-12(7-9-13)10-11-4-2-1-3-5-11/h6-9,11H,1-5,10H2. The van der Waals surface area contributed by atoms with Crippen LogP contribution in [0.2, 0.25) is 0 Å². The molecule has 0 aliphatic heterocycles. The van der Waals surface area contributed by atoms with E-state index < -0.39 is 12.0 Å². The van der Waals surface area contributed by atoms with Gasteiger partial charge in [0.25, 0.3) is 5.78 Å². The molecule has 4 heteroatoms. The third-order valence-corrected chi connectivity index (χ3v) is 3.72. The van der Waals surface area contributed by atoms with Crippen LogP contribution in [0.25, 0.3) is 0 Å². The maximum Gasteiger partial charge on any atom is 0.454 e. The molecule has 0 heterocycles. The predicted molar refractivity (Wildman–Crippen MR) is 67.1 cm³/mol. The Hall–Kier alpha value is -1.32. The summed E-state index contributed by atoms with van der Waals surface area (Å²) in [4.78, 5) is 11.0. The van der Waals surface area contributed by atoms with Gasteiger partial charge in [-0.2, -0.15) is 13.2 Å². The molecule has 0 saturated heterocycles. The summed E-state index contributed by atoms with van der Waals surface area (Å²) in [7, 11) is 0. The first kappa shape index (κ1) is 14.1. The quantitative estimate of drug-likeness (QED) is 0.736. The van der Waals surface area contributed by atoms with Crippen molar-refractivity contribution in [2.24, 2.45) is 5.92 Å². The predicted octanol–water partition coefficient (Wildman–Crippen LogP) is 4.55. The summed E-state index contributed by atoms with van der Waals surface area (Å²) < 4.78 is 36.8. The van der Waals surface area contributed by atoms with E-state index in [4.69, 9.17) is 0 Å². The summed E-state index contributed by atoms with van der Waals surface area (Å²) in [6.07, 6.45) is 2.29. The lowest BCUT2D eigenvalue weighted by Crippen LogP contribution is -2.22. The van der Waals surface area contributed by atoms with Crippen molar-refractivity contribution in [1.82, 2.24) is 0 Å². The van der Waals surface area contributed by atoms with Crippen LogP contribution in [0, 0.1) is 5.92 Å². The van der Waals surface area contributed by atoms with Gasteiger partial charge in [0.1, 0.15) is 0 Å². The maximum absolute atomic E-state index is 12.3. The number of carbonyl (C=O) groups is 1. The normalized spacial score (nSPS) is 17.4. The molecule has 104 valence electrons. The Balaban J connectivity index is 2.00. The van der Waals surface area contributed by atoms with Gasteiger partial charge in [-0.15, -0.1) is 0 Å². The third kappa shape index (κ3) is 3.82. The summed E-state index contributed by atoms with van der Waals surface area (Å²) in [5.41, 5.74) is 0.741. The fraction of sp³-hybridized carbons (Fsp3) is 0.533. The number of halogens is 3. The van der Waals surface area contributed by atoms with Gasteiger partial charge in [-0.25, -0.2) is 0 Å². The van der Waals surface area contributed by atoms with Gasteiger partial charge in [-0.1, -0.05) is 56.4 Å². The molecule has 0 radical (unpaired) electrons. The maximum atomic E-state index is 12.3. The Morgan fingerprint density at radius 1 is 1.05 bits per heavy atom. The SMILES string of the molecule is O=C(c1ccc(CC2CCCCC2)cc1)C(F)(F)F. The zero-order chi connectivity index (χ0) is 13.9. The molecule has 0 N–H and O–H groups in total. The molecule has 19 heavy (non-hydrogen) atoms. The number of rotatable bonds is 3. The molecule has 1 aromatic carbocycles. The molecule has 2 rings (SSSR count). The first-order valence-electron chi connectivity index (χ1n) is 6.67. The second-order valence-corrected chi connectivity index (χ2v) is 5.23. The fourth-order valence-corrected chi connectivity index (χ4v) is 2.68. The highest BCUT2D eigenvalue weighted by Crippen LogP contribution is 2.27. The molecule has 1 aliphatic rings. The molecule has 1 nitrogen and oxygen atoms in total. The van der Waals surface area contributed by atoms with Crippen molar-refractivity contribution in [3.05, 3.63) is 35.4 Å². The zero-order valence-electron chi connectivity index (χ0n) is 10.7. The molecular weight excluding hydrogens is 253 g/mol. The average molecular weight is 270 g/mol. The van der Waals surface area contributed by atoms with Crippen molar-refractivity contribution >= 4 is 5.78 Å². The lowest BCUT2D eigenvalue weighted by Gasteiger charge is -2.21. The Morgan fingerprint density at radius 2 is 1.63 bits per heavy atom. The first-order valence-corrected chi connectivity index (χ1v) is 6.67. The van der Waals surface area contributed by atoms with E-state index in [-0.39, 0.29) is 5.56 Å². The monoisotopic (exact) mass is 270 g/mol. The second kappa shape index (κ2) is 5.76. The van der Waals surface area contributed by atoms with Crippen molar-refractivity contribution in [2.45, 2.75) is 44.7 Å². The molecule has 1 fully saturated rings. The second-order valence-electron chi connectivity index (χ2n) is 5.23. The molecule has 0 amide bonds. The molecule has 0 atom stereocenters. The highest BCUT2D eigenvalue weighted by molar-refractivity contribution is 6.00. The van der Waals surface area contributed by atoms with Gasteiger partial charge in [0, 0.05) is 5.56 Å². The number of alkyl halides is 3. The Bertz CT molecular complexity index is 428. The van der Waals surface area contributed by atoms with Crippen molar-refractivity contribution in [3.63, 3.8) is 0 Å². The van der Waals surface area contributed by atoms with Crippen molar-refractivity contribution < 1.29 is 18.0 Å². The van der Waals surface area contributed by atoms with Crippen LogP contribution in [0.15, 0.2) is 24.3 Å². The fourth-order valence-electron chi connectivity index (χ4n) is 2.68. The largest absolute Gasteiger partial charge is 0.454 e. The van der Waals surface area contributed by atoms with E-state index in [0.717, 1.165) is 12.0 Å². The number of carbonyl (C=O) groups excluding carboxylic acids is 1. The number of ketones is 1. The van der Waals surface area contributed by atoms with Crippen molar-refractivity contribution in [2.75, 3.05) is 0 Å². The van der Waals surface area contributed by atoms with Gasteiger partial charge in [0.2, 0.25) is 0 Å². The van der Waals surface area contributed by atoms with Crippen LogP contribution in [-0.4, -0.2) is 12.0 Å². The van der Waals surface area contributed by atoms with Crippen LogP contribution in [0.1, 0.15) is 48.0 Å². The molecule has 1 aromatic rings. The zero-order valence-corrected chi connectivity index (χ0v) is 10.7. The van der Waals surface area contributed by atoms with Gasteiger partial charge >= 0.3 is 6.18 Å². The molecule has 0 bridgehead atoms. The van der Waals surface area contributed by atoms with E-state index in [2.05, 4.69) is 0 Å². The van der Waals surface area contributed by atoms with Crippen LogP contribution in [0.5, 0.6) is 0 Å². The Kier molecular flexibility index (Phi) is 4.27. The molecular formula is C15H17F3O. The number of Topliss-reactive ketones (excluding diaryl/α,β-unsaturated/α-hetero) is 1. The Morgan fingerprint density at radius 3 is 2.16 bits per heavy atom. The van der Waals surface area contributed by atoms with Crippen LogP contribution in [0.4, 0.5) is 13.2 Å². The summed E-state index contributed by atoms with van der Waals surface area (Å²) >= 11 is 0. The van der Waals surface area contributed by atoms with Gasteiger partial charge in [0.15, 0.2) is 0 Å². The number of hydrogen-bond donors (Lipinski definition) is 0. The minimum absolute atomic E-state index is 0.278. The molecule has 1 aliphatic carbocycles. The molecule has 1 saturated carbocycles. The van der Waals surface area contributed by atoms with E-state index in [9.17, 15) is 18.0 Å². The summed E-state index contributed by atoms with van der Waals surface area (Å²) in [5, 5.41) is 0. The van der Waals surface area contributed by atoms with Crippen molar-refractivity contribution in [1.29, 1.82) is 0 Å².